The summed E-state index contributed by atoms with van der Waals surface area (Å²) in [6.45, 7) is 2.56. The first-order chi connectivity index (χ1) is 23.7. The van der Waals surface area contributed by atoms with Crippen molar-refractivity contribution in [3.63, 3.8) is 0 Å². The Hall–Kier alpha value is -5.06. The monoisotopic (exact) mass is 717 g/mol. The van der Waals surface area contributed by atoms with Crippen LogP contribution in [0.15, 0.2) is 98.9 Å². The molecule has 5 aromatic carbocycles. The minimum absolute atomic E-state index is 0.0167. The van der Waals surface area contributed by atoms with Crippen LogP contribution < -0.4 is 4.74 Å². The standard InChI is InChI=1S/C35H31N3O10S2/c1-2-12-38-26-15-20-8-10-27(40)35(41)32(20)25-17-23(39)13-21(31(25)26)16-30(38)48-28-11-9-19-14-24(49(42,43)44)18-29(50(45,46)47)33(19)34(28)37-36-22-6-4-3-5-7-22/h3-11,13-14,17-18,26,30,39-41H,2,12,15-16H2,1H3,(H,42,43,44)(H,45,46,47)/t26-,30?/m1/s1. The molecule has 0 radical (unpaired) electrons. The van der Waals surface area contributed by atoms with Crippen LogP contribution in [-0.4, -0.2) is 58.9 Å². The summed E-state index contributed by atoms with van der Waals surface area (Å²) < 4.78 is 76.3. The van der Waals surface area contributed by atoms with Crippen molar-refractivity contribution >= 4 is 42.4 Å². The third-order valence-corrected chi connectivity index (χ3v) is 10.7. The van der Waals surface area contributed by atoms with Crippen LogP contribution in [0.2, 0.25) is 0 Å². The Kier molecular flexibility index (Phi) is 8.27. The van der Waals surface area contributed by atoms with Crippen LogP contribution in [0, 0.1) is 0 Å². The molecule has 1 aliphatic carbocycles. The highest BCUT2D eigenvalue weighted by molar-refractivity contribution is 7.86. The Morgan fingerprint density at radius 2 is 1.60 bits per heavy atom. The molecular formula is C35H31N3O10S2. The van der Waals surface area contributed by atoms with Crippen LogP contribution in [0.1, 0.15) is 36.1 Å². The van der Waals surface area contributed by atoms with Crippen LogP contribution in [0.4, 0.5) is 11.4 Å². The Morgan fingerprint density at radius 3 is 2.30 bits per heavy atom. The highest BCUT2D eigenvalue weighted by Crippen LogP contribution is 2.53. The largest absolute Gasteiger partial charge is 0.508 e. The van der Waals surface area contributed by atoms with Gasteiger partial charge in [0.1, 0.15) is 22.1 Å². The molecule has 0 spiro atoms. The van der Waals surface area contributed by atoms with Gasteiger partial charge < -0.3 is 20.1 Å². The van der Waals surface area contributed by atoms with Crippen molar-refractivity contribution in [3.05, 3.63) is 95.6 Å². The number of azo groups is 1. The Balaban J connectivity index is 1.42. The number of phenols is 3. The van der Waals surface area contributed by atoms with Crippen LogP contribution in [0.3, 0.4) is 0 Å². The van der Waals surface area contributed by atoms with Crippen molar-refractivity contribution in [1.29, 1.82) is 0 Å². The summed E-state index contributed by atoms with van der Waals surface area (Å²) in [5.74, 6) is -0.532. The topological polar surface area (TPSA) is 207 Å². The fourth-order valence-corrected chi connectivity index (χ4v) is 8.35. The normalized spacial score (nSPS) is 17.5. The molecule has 50 heavy (non-hydrogen) atoms. The van der Waals surface area contributed by atoms with Crippen molar-refractivity contribution < 1.29 is 46.0 Å². The smallest absolute Gasteiger partial charge is 0.295 e. The second kappa shape index (κ2) is 12.4. The molecule has 1 heterocycles. The van der Waals surface area contributed by atoms with Crippen LogP contribution in [-0.2, 0) is 33.1 Å². The van der Waals surface area contributed by atoms with Crippen molar-refractivity contribution in [3.8, 4) is 34.1 Å². The minimum Gasteiger partial charge on any atom is -0.508 e. The van der Waals surface area contributed by atoms with E-state index in [9.17, 15) is 41.3 Å². The lowest BCUT2D eigenvalue weighted by Crippen LogP contribution is -2.49. The third kappa shape index (κ3) is 5.92. The zero-order chi connectivity index (χ0) is 35.5. The van der Waals surface area contributed by atoms with Gasteiger partial charge in [-0.15, -0.1) is 5.11 Å². The van der Waals surface area contributed by atoms with Crippen LogP contribution in [0.25, 0.3) is 21.9 Å². The van der Waals surface area contributed by atoms with Gasteiger partial charge in [-0.3, -0.25) is 14.0 Å². The van der Waals surface area contributed by atoms with Gasteiger partial charge in [0.15, 0.2) is 17.7 Å². The average molecular weight is 718 g/mol. The number of fused-ring (bicyclic) bond motifs is 3. The van der Waals surface area contributed by atoms with E-state index in [1.165, 1.54) is 18.2 Å². The number of ether oxygens (including phenoxy) is 1. The maximum Gasteiger partial charge on any atom is 0.295 e. The summed E-state index contributed by atoms with van der Waals surface area (Å²) in [6, 6.07) is 19.2. The molecule has 1 unspecified atom stereocenters. The van der Waals surface area contributed by atoms with Crippen LogP contribution >= 0.6 is 0 Å². The first-order valence-electron chi connectivity index (χ1n) is 15.6. The summed E-state index contributed by atoms with van der Waals surface area (Å²) in [7, 11) is -9.96. The van der Waals surface area contributed by atoms with Crippen molar-refractivity contribution in [1.82, 2.24) is 4.90 Å². The molecule has 0 saturated carbocycles. The van der Waals surface area contributed by atoms with Gasteiger partial charge in [0, 0.05) is 30.0 Å². The number of rotatable bonds is 8. The lowest BCUT2D eigenvalue weighted by molar-refractivity contribution is -0.0169. The molecule has 1 aliphatic heterocycles. The van der Waals surface area contributed by atoms with Gasteiger partial charge in [-0.25, -0.2) is 0 Å². The van der Waals surface area contributed by atoms with E-state index < -0.39 is 36.3 Å². The van der Waals surface area contributed by atoms with Gasteiger partial charge in [-0.2, -0.15) is 21.9 Å². The molecule has 7 rings (SSSR count). The molecular weight excluding hydrogens is 687 g/mol. The summed E-state index contributed by atoms with van der Waals surface area (Å²) in [5, 5.41) is 40.5. The van der Waals surface area contributed by atoms with E-state index in [1.54, 1.807) is 48.5 Å². The lowest BCUT2D eigenvalue weighted by Gasteiger charge is -2.46. The molecule has 15 heteroatoms. The van der Waals surface area contributed by atoms with E-state index in [-0.39, 0.29) is 51.9 Å². The second-order valence-corrected chi connectivity index (χ2v) is 15.0. The molecule has 5 N–H and O–H groups in total. The molecule has 258 valence electrons. The predicted molar refractivity (Wildman–Crippen MR) is 183 cm³/mol. The highest BCUT2D eigenvalue weighted by atomic mass is 32.2. The van der Waals surface area contributed by atoms with Crippen molar-refractivity contribution in [2.45, 2.75) is 48.2 Å². The average Bonchev–Trinajstić information content (AvgIpc) is 3.06. The van der Waals surface area contributed by atoms with Crippen molar-refractivity contribution in [2.75, 3.05) is 6.54 Å². The Morgan fingerprint density at radius 1 is 0.840 bits per heavy atom. The van der Waals surface area contributed by atoms with Gasteiger partial charge in [0.25, 0.3) is 20.2 Å². The quantitative estimate of drug-likeness (QED) is 0.0641. The van der Waals surface area contributed by atoms with Gasteiger partial charge in [0.05, 0.1) is 10.6 Å². The Bertz CT molecular complexity index is 2440. The first-order valence-corrected chi connectivity index (χ1v) is 18.5. The molecule has 0 saturated heterocycles. The number of benzene rings is 5. The van der Waals surface area contributed by atoms with Gasteiger partial charge in [-0.1, -0.05) is 37.3 Å². The first kappa shape index (κ1) is 33.4. The number of phenolic OH excluding ortho intramolecular Hbond substituents is 3. The fourth-order valence-electron chi connectivity index (χ4n) is 6.98. The summed E-state index contributed by atoms with van der Waals surface area (Å²) in [6.07, 6.45) is 0.694. The number of hydrogen-bond acceptors (Lipinski definition) is 11. The van der Waals surface area contributed by atoms with E-state index in [0.29, 0.717) is 35.8 Å². The predicted octanol–water partition coefficient (Wildman–Crippen LogP) is 6.80. The second-order valence-electron chi connectivity index (χ2n) is 12.2. The van der Waals surface area contributed by atoms with E-state index in [4.69, 9.17) is 4.74 Å². The Labute approximate surface area is 287 Å². The molecule has 0 fully saturated rings. The zero-order valence-electron chi connectivity index (χ0n) is 26.4. The molecule has 0 bridgehead atoms. The van der Waals surface area contributed by atoms with Crippen molar-refractivity contribution in [2.24, 2.45) is 10.2 Å². The van der Waals surface area contributed by atoms with E-state index in [0.717, 1.165) is 29.2 Å². The highest BCUT2D eigenvalue weighted by Gasteiger charge is 2.41. The summed E-state index contributed by atoms with van der Waals surface area (Å²) in [4.78, 5) is 0.558. The molecule has 0 aromatic heterocycles. The van der Waals surface area contributed by atoms with E-state index in [2.05, 4.69) is 15.1 Å². The fraction of sp³-hybridized carbons (Fsp3) is 0.200. The van der Waals surface area contributed by atoms with E-state index >= 15 is 0 Å². The zero-order valence-corrected chi connectivity index (χ0v) is 28.1. The SMILES string of the molecule is CCCN1C(Oc2ccc3cc(S(=O)(=O)O)cc(S(=O)(=O)O)c3c2N=Nc2ccccc2)Cc2cc(O)cc3c2[C@H]1Cc1ccc(O)c(O)c1-3. The van der Waals surface area contributed by atoms with Gasteiger partial charge >= 0.3 is 0 Å². The maximum absolute atomic E-state index is 12.7. The molecule has 5 aromatic rings. The number of aromatic hydroxyl groups is 3. The third-order valence-electron chi connectivity index (χ3n) is 9.01. The summed E-state index contributed by atoms with van der Waals surface area (Å²) in [5.41, 5.74) is 3.70. The maximum atomic E-state index is 12.7. The lowest BCUT2D eigenvalue weighted by atomic mass is 9.76. The molecule has 0 amide bonds. The van der Waals surface area contributed by atoms with Crippen LogP contribution in [0.5, 0.6) is 23.0 Å². The number of hydrogen-bond donors (Lipinski definition) is 5. The van der Waals surface area contributed by atoms with Gasteiger partial charge in [-0.05, 0) is 89.0 Å². The molecule has 13 nitrogen and oxygen atoms in total. The molecule has 2 atom stereocenters. The minimum atomic E-state index is -5.09. The van der Waals surface area contributed by atoms with Gasteiger partial charge in [0.2, 0.25) is 0 Å². The molecule has 2 aliphatic rings. The summed E-state index contributed by atoms with van der Waals surface area (Å²) >= 11 is 0. The number of nitrogens with zero attached hydrogens (tertiary/aromatic N) is 3. The van der Waals surface area contributed by atoms with E-state index in [1.807, 2.05) is 6.92 Å².